The van der Waals surface area contributed by atoms with E-state index in [0.29, 0.717) is 15.8 Å². The molecule has 0 spiro atoms. The van der Waals surface area contributed by atoms with Gasteiger partial charge in [0.1, 0.15) is 0 Å². The molecule has 1 aromatic rings. The first kappa shape index (κ1) is 15.0. The molecule has 0 amide bonds. The summed E-state index contributed by atoms with van der Waals surface area (Å²) in [6.45, 7) is 4.03. The van der Waals surface area contributed by atoms with E-state index in [1.54, 1.807) is 0 Å². The molecule has 0 aromatic heterocycles. The molecule has 20 heavy (non-hydrogen) atoms. The predicted molar refractivity (Wildman–Crippen MR) is 84.3 cm³/mol. The Kier molecular flexibility index (Phi) is 4.77. The summed E-state index contributed by atoms with van der Waals surface area (Å²) in [6.07, 6.45) is 2.20. The van der Waals surface area contributed by atoms with E-state index in [0.717, 1.165) is 31.8 Å². The highest BCUT2D eigenvalue weighted by molar-refractivity contribution is 7.80. The second-order valence-electron chi connectivity index (χ2n) is 5.02. The van der Waals surface area contributed by atoms with Crippen molar-refractivity contribution in [1.29, 1.82) is 0 Å². The molecule has 1 fully saturated rings. The van der Waals surface area contributed by atoms with Gasteiger partial charge in [0, 0.05) is 25.2 Å². The number of nitro groups is 1. The Balaban J connectivity index is 2.07. The van der Waals surface area contributed by atoms with Gasteiger partial charge in [0.05, 0.1) is 15.6 Å². The predicted octanol–water partition coefficient (Wildman–Crippen LogP) is 3.68. The fraction of sp³-hybridized carbons (Fsp3) is 0.462. The summed E-state index contributed by atoms with van der Waals surface area (Å²) in [4.78, 5) is 12.4. The number of nitrogens with zero attached hydrogens (tertiary/aromatic N) is 2. The molecule has 1 aromatic carbocycles. The minimum Gasteiger partial charge on any atom is -0.349 e. The normalized spacial score (nSPS) is 16.0. The Morgan fingerprint density at radius 2 is 2.15 bits per heavy atom. The number of hydrogen-bond acceptors (Lipinski definition) is 3. The zero-order chi connectivity index (χ0) is 14.7. The largest absolute Gasteiger partial charge is 0.349 e. The van der Waals surface area contributed by atoms with Crippen molar-refractivity contribution < 1.29 is 4.92 Å². The topological polar surface area (TPSA) is 58.4 Å². The molecule has 0 saturated carbocycles. The fourth-order valence-electron chi connectivity index (χ4n) is 2.13. The molecule has 0 unspecified atom stereocenters. The van der Waals surface area contributed by atoms with E-state index in [1.165, 1.54) is 18.2 Å². The number of thiocarbonyl (C=S) groups is 1. The Labute approximate surface area is 128 Å². The van der Waals surface area contributed by atoms with Gasteiger partial charge in [0.25, 0.3) is 5.69 Å². The summed E-state index contributed by atoms with van der Waals surface area (Å²) < 4.78 is 0. The van der Waals surface area contributed by atoms with Crippen LogP contribution in [0.25, 0.3) is 0 Å². The molecule has 0 radical (unpaired) electrons. The standard InChI is InChI=1S/C13H16ClN3O2S/c1-9-4-6-16(7-5-9)13(20)15-12-8-10(17(18)19)2-3-11(12)14/h2-3,8-9H,4-7H2,1H3,(H,15,20). The molecule has 5 nitrogen and oxygen atoms in total. The van der Waals surface area contributed by atoms with Crippen molar-refractivity contribution in [3.05, 3.63) is 33.3 Å². The highest BCUT2D eigenvalue weighted by atomic mass is 35.5. The van der Waals surface area contributed by atoms with Crippen LogP contribution in [0.3, 0.4) is 0 Å². The van der Waals surface area contributed by atoms with Crippen LogP contribution in [-0.4, -0.2) is 28.0 Å². The van der Waals surface area contributed by atoms with Gasteiger partial charge in [0.15, 0.2) is 5.11 Å². The number of non-ortho nitro benzene ring substituents is 1. The molecule has 1 aliphatic heterocycles. The number of benzene rings is 1. The van der Waals surface area contributed by atoms with E-state index in [9.17, 15) is 10.1 Å². The van der Waals surface area contributed by atoms with Crippen LogP contribution in [0.4, 0.5) is 11.4 Å². The maximum Gasteiger partial charge on any atom is 0.271 e. The van der Waals surface area contributed by atoms with Crippen LogP contribution in [0.2, 0.25) is 5.02 Å². The van der Waals surface area contributed by atoms with E-state index in [1.807, 2.05) is 0 Å². The van der Waals surface area contributed by atoms with Crippen LogP contribution in [0.1, 0.15) is 19.8 Å². The number of likely N-dealkylation sites (tertiary alicyclic amines) is 1. The second kappa shape index (κ2) is 6.37. The lowest BCUT2D eigenvalue weighted by molar-refractivity contribution is -0.384. The van der Waals surface area contributed by atoms with E-state index < -0.39 is 4.92 Å². The highest BCUT2D eigenvalue weighted by Crippen LogP contribution is 2.27. The summed E-state index contributed by atoms with van der Waals surface area (Å²) in [5.74, 6) is 0.718. The summed E-state index contributed by atoms with van der Waals surface area (Å²) in [5, 5.41) is 14.8. The zero-order valence-electron chi connectivity index (χ0n) is 11.1. The number of piperidine rings is 1. The maximum absolute atomic E-state index is 10.8. The van der Waals surface area contributed by atoms with Crippen LogP contribution in [-0.2, 0) is 0 Å². The summed E-state index contributed by atoms with van der Waals surface area (Å²) >= 11 is 11.4. The quantitative estimate of drug-likeness (QED) is 0.513. The molecule has 2 rings (SSSR count). The molecular weight excluding hydrogens is 298 g/mol. The van der Waals surface area contributed by atoms with Crippen LogP contribution in [0, 0.1) is 16.0 Å². The molecule has 1 N–H and O–H groups in total. The monoisotopic (exact) mass is 313 g/mol. The third-order valence-corrected chi connectivity index (χ3v) is 4.16. The molecule has 0 atom stereocenters. The van der Waals surface area contributed by atoms with Crippen LogP contribution < -0.4 is 5.32 Å². The molecule has 1 aliphatic rings. The molecule has 0 bridgehead atoms. The van der Waals surface area contributed by atoms with Crippen molar-refractivity contribution in [3.8, 4) is 0 Å². The number of nitro benzene ring substituents is 1. The minimum absolute atomic E-state index is 0.00744. The summed E-state index contributed by atoms with van der Waals surface area (Å²) in [6, 6.07) is 4.28. The Bertz CT molecular complexity index is 530. The van der Waals surface area contributed by atoms with Crippen molar-refractivity contribution in [1.82, 2.24) is 4.90 Å². The first-order valence-electron chi connectivity index (χ1n) is 6.47. The van der Waals surface area contributed by atoms with E-state index in [4.69, 9.17) is 23.8 Å². The van der Waals surface area contributed by atoms with Crippen LogP contribution in [0.5, 0.6) is 0 Å². The van der Waals surface area contributed by atoms with E-state index >= 15 is 0 Å². The molecular formula is C13H16ClN3O2S. The van der Waals surface area contributed by atoms with Gasteiger partial charge < -0.3 is 10.2 Å². The molecule has 7 heteroatoms. The Morgan fingerprint density at radius 3 is 2.75 bits per heavy atom. The van der Waals surface area contributed by atoms with E-state index in [2.05, 4.69) is 17.1 Å². The van der Waals surface area contributed by atoms with Crippen LogP contribution >= 0.6 is 23.8 Å². The van der Waals surface area contributed by atoms with Crippen molar-refractivity contribution in [2.75, 3.05) is 18.4 Å². The number of halogens is 1. The smallest absolute Gasteiger partial charge is 0.271 e. The van der Waals surface area contributed by atoms with Crippen molar-refractivity contribution >= 4 is 40.3 Å². The SMILES string of the molecule is CC1CCN(C(=S)Nc2cc([N+](=O)[O-])ccc2Cl)CC1. The van der Waals surface area contributed by atoms with Crippen LogP contribution in [0.15, 0.2) is 18.2 Å². The summed E-state index contributed by atoms with van der Waals surface area (Å²) in [7, 11) is 0. The fourth-order valence-corrected chi connectivity index (χ4v) is 2.59. The first-order chi connectivity index (χ1) is 9.47. The third-order valence-electron chi connectivity index (χ3n) is 3.47. The van der Waals surface area contributed by atoms with Gasteiger partial charge in [-0.1, -0.05) is 18.5 Å². The van der Waals surface area contributed by atoms with Gasteiger partial charge in [-0.15, -0.1) is 0 Å². The third kappa shape index (κ3) is 3.58. The van der Waals surface area contributed by atoms with Crippen molar-refractivity contribution in [3.63, 3.8) is 0 Å². The highest BCUT2D eigenvalue weighted by Gasteiger charge is 2.19. The number of hydrogen-bond donors (Lipinski definition) is 1. The first-order valence-corrected chi connectivity index (χ1v) is 7.26. The lowest BCUT2D eigenvalue weighted by atomic mass is 10.00. The Hall–Kier alpha value is -1.40. The molecule has 0 aliphatic carbocycles. The zero-order valence-corrected chi connectivity index (χ0v) is 12.7. The maximum atomic E-state index is 10.8. The van der Waals surface area contributed by atoms with E-state index in [-0.39, 0.29) is 5.69 Å². The number of rotatable bonds is 2. The average molecular weight is 314 g/mol. The van der Waals surface area contributed by atoms with Gasteiger partial charge in [0.2, 0.25) is 0 Å². The average Bonchev–Trinajstić information content (AvgIpc) is 2.41. The second-order valence-corrected chi connectivity index (χ2v) is 5.81. The lowest BCUT2D eigenvalue weighted by Gasteiger charge is -2.32. The molecule has 1 heterocycles. The lowest BCUT2D eigenvalue weighted by Crippen LogP contribution is -2.40. The minimum atomic E-state index is -0.451. The molecule has 1 saturated heterocycles. The van der Waals surface area contributed by atoms with Crippen molar-refractivity contribution in [2.24, 2.45) is 5.92 Å². The summed E-state index contributed by atoms with van der Waals surface area (Å²) in [5.41, 5.74) is 0.469. The molecule has 108 valence electrons. The number of anilines is 1. The van der Waals surface area contributed by atoms with Crippen molar-refractivity contribution in [2.45, 2.75) is 19.8 Å². The van der Waals surface area contributed by atoms with Gasteiger partial charge in [-0.05, 0) is 37.0 Å². The van der Waals surface area contributed by atoms with Gasteiger partial charge >= 0.3 is 0 Å². The van der Waals surface area contributed by atoms with Gasteiger partial charge in [-0.3, -0.25) is 10.1 Å². The number of nitrogens with one attached hydrogen (secondary N) is 1. The van der Waals surface area contributed by atoms with Gasteiger partial charge in [-0.2, -0.15) is 0 Å². The van der Waals surface area contributed by atoms with Gasteiger partial charge in [-0.25, -0.2) is 0 Å². The Morgan fingerprint density at radius 1 is 1.50 bits per heavy atom.